The Morgan fingerprint density at radius 1 is 1.21 bits per heavy atom. The van der Waals surface area contributed by atoms with E-state index in [2.05, 4.69) is 26.1 Å². The Hall–Kier alpha value is -2.54. The average Bonchev–Trinajstić information content (AvgIpc) is 3.16. The van der Waals surface area contributed by atoms with E-state index in [0.29, 0.717) is 30.0 Å². The molecule has 144 valence electrons. The lowest BCUT2D eigenvalue weighted by molar-refractivity contribution is 0.0667. The summed E-state index contributed by atoms with van der Waals surface area (Å²) in [4.78, 5) is 19.1. The quantitative estimate of drug-likeness (QED) is 0.584. The van der Waals surface area contributed by atoms with Crippen LogP contribution in [0.5, 0.6) is 0 Å². The van der Waals surface area contributed by atoms with Crippen molar-refractivity contribution in [1.29, 1.82) is 0 Å². The van der Waals surface area contributed by atoms with Crippen LogP contribution in [-0.2, 0) is 6.42 Å². The summed E-state index contributed by atoms with van der Waals surface area (Å²) in [6.45, 7) is 1.37. The normalized spacial score (nSPS) is 16.9. The fourth-order valence-electron chi connectivity index (χ4n) is 3.56. The number of carbonyl (C=O) groups excluding carboxylic acids is 1. The molecule has 0 aliphatic carbocycles. The standard InChI is InChI=1S/C21H19BrFN3O2/c22-17-9-3-1-7-15(17)21(27)26-11-5-6-14(13-26)12-19-24-20(25-28-19)16-8-2-4-10-18(16)23/h1-4,7-10,14H,5-6,11-13H2/t14-/m1/s1. The number of hydrogen-bond acceptors (Lipinski definition) is 4. The van der Waals surface area contributed by atoms with Gasteiger partial charge in [0.1, 0.15) is 5.82 Å². The molecule has 0 bridgehead atoms. The Kier molecular flexibility index (Phi) is 5.52. The first kappa shape index (κ1) is 18.8. The van der Waals surface area contributed by atoms with Gasteiger partial charge < -0.3 is 9.42 Å². The first-order valence-corrected chi connectivity index (χ1v) is 10.0. The number of benzene rings is 2. The Morgan fingerprint density at radius 3 is 2.82 bits per heavy atom. The predicted octanol–water partition coefficient (Wildman–Crippen LogP) is 4.73. The Balaban J connectivity index is 1.44. The molecule has 5 nitrogen and oxygen atoms in total. The molecule has 0 unspecified atom stereocenters. The number of carbonyl (C=O) groups is 1. The van der Waals surface area contributed by atoms with Gasteiger partial charge in [-0.25, -0.2) is 4.39 Å². The summed E-state index contributed by atoms with van der Waals surface area (Å²) in [5.41, 5.74) is 0.995. The molecule has 3 aromatic rings. The molecule has 7 heteroatoms. The van der Waals surface area contributed by atoms with Crippen LogP contribution in [-0.4, -0.2) is 34.0 Å². The minimum atomic E-state index is -0.377. The number of nitrogens with zero attached hydrogens (tertiary/aromatic N) is 3. The highest BCUT2D eigenvalue weighted by Gasteiger charge is 2.27. The maximum Gasteiger partial charge on any atom is 0.255 e. The Labute approximate surface area is 170 Å². The molecule has 2 aromatic carbocycles. The average molecular weight is 444 g/mol. The van der Waals surface area contributed by atoms with Crippen molar-refractivity contribution >= 4 is 21.8 Å². The molecule has 1 aliphatic rings. The second-order valence-electron chi connectivity index (χ2n) is 6.93. The lowest BCUT2D eigenvalue weighted by Gasteiger charge is -2.32. The van der Waals surface area contributed by atoms with Gasteiger partial charge in [0.25, 0.3) is 5.91 Å². The minimum absolute atomic E-state index is 0.0229. The third-order valence-corrected chi connectivity index (χ3v) is 5.65. The SMILES string of the molecule is O=C(c1ccccc1Br)N1CCC[C@H](Cc2nc(-c3ccccc3F)no2)C1. The van der Waals surface area contributed by atoms with E-state index in [4.69, 9.17) is 4.52 Å². The van der Waals surface area contributed by atoms with Crippen molar-refractivity contribution in [3.8, 4) is 11.4 Å². The van der Waals surface area contributed by atoms with Crippen LogP contribution in [0.15, 0.2) is 57.5 Å². The van der Waals surface area contributed by atoms with Gasteiger partial charge in [-0.1, -0.05) is 29.4 Å². The molecule has 0 spiro atoms. The lowest BCUT2D eigenvalue weighted by Crippen LogP contribution is -2.40. The van der Waals surface area contributed by atoms with Crippen LogP contribution in [0.2, 0.25) is 0 Å². The summed E-state index contributed by atoms with van der Waals surface area (Å²) in [6.07, 6.45) is 2.48. The molecule has 2 heterocycles. The van der Waals surface area contributed by atoms with Crippen LogP contribution in [0.3, 0.4) is 0 Å². The molecule has 1 aliphatic heterocycles. The van der Waals surface area contributed by atoms with E-state index in [9.17, 15) is 9.18 Å². The molecule has 1 fully saturated rings. The number of rotatable bonds is 4. The molecule has 1 saturated heterocycles. The predicted molar refractivity (Wildman–Crippen MR) is 106 cm³/mol. The van der Waals surface area contributed by atoms with Gasteiger partial charge in [0.2, 0.25) is 11.7 Å². The fourth-order valence-corrected chi connectivity index (χ4v) is 4.01. The first-order chi connectivity index (χ1) is 13.6. The van der Waals surface area contributed by atoms with Gasteiger partial charge in [-0.05, 0) is 59.0 Å². The van der Waals surface area contributed by atoms with E-state index < -0.39 is 0 Å². The largest absolute Gasteiger partial charge is 0.339 e. The molecule has 1 aromatic heterocycles. The Morgan fingerprint density at radius 2 is 2.00 bits per heavy atom. The molecule has 1 atom stereocenters. The zero-order valence-corrected chi connectivity index (χ0v) is 16.7. The van der Waals surface area contributed by atoms with Crippen LogP contribution in [0, 0.1) is 11.7 Å². The van der Waals surface area contributed by atoms with Gasteiger partial charge in [0.15, 0.2) is 0 Å². The number of halogens is 2. The van der Waals surface area contributed by atoms with E-state index in [1.165, 1.54) is 6.07 Å². The molecule has 4 rings (SSSR count). The highest BCUT2D eigenvalue weighted by molar-refractivity contribution is 9.10. The van der Waals surface area contributed by atoms with Gasteiger partial charge in [0, 0.05) is 24.0 Å². The van der Waals surface area contributed by atoms with Crippen molar-refractivity contribution in [3.05, 3.63) is 70.3 Å². The second-order valence-corrected chi connectivity index (χ2v) is 7.79. The molecule has 0 N–H and O–H groups in total. The maximum absolute atomic E-state index is 13.9. The number of likely N-dealkylation sites (tertiary alicyclic amines) is 1. The molecule has 0 radical (unpaired) electrons. The maximum atomic E-state index is 13.9. The van der Waals surface area contributed by atoms with Crippen LogP contribution in [0.1, 0.15) is 29.1 Å². The van der Waals surface area contributed by atoms with E-state index >= 15 is 0 Å². The van der Waals surface area contributed by atoms with Crippen LogP contribution >= 0.6 is 15.9 Å². The van der Waals surface area contributed by atoms with Crippen LogP contribution in [0.25, 0.3) is 11.4 Å². The number of amides is 1. The van der Waals surface area contributed by atoms with Gasteiger partial charge in [-0.3, -0.25) is 4.79 Å². The van der Waals surface area contributed by atoms with E-state index in [1.807, 2.05) is 29.2 Å². The summed E-state index contributed by atoms with van der Waals surface area (Å²) < 4.78 is 20.0. The van der Waals surface area contributed by atoms with Gasteiger partial charge in [-0.2, -0.15) is 4.98 Å². The summed E-state index contributed by atoms with van der Waals surface area (Å²) in [5.74, 6) is 0.602. The summed E-state index contributed by atoms with van der Waals surface area (Å²) >= 11 is 3.45. The van der Waals surface area contributed by atoms with Crippen LogP contribution in [0.4, 0.5) is 4.39 Å². The fraction of sp³-hybridized carbons (Fsp3) is 0.286. The smallest absolute Gasteiger partial charge is 0.255 e. The topological polar surface area (TPSA) is 59.2 Å². The third-order valence-electron chi connectivity index (χ3n) is 4.96. The lowest BCUT2D eigenvalue weighted by atomic mass is 9.94. The minimum Gasteiger partial charge on any atom is -0.339 e. The van der Waals surface area contributed by atoms with Gasteiger partial charge in [0.05, 0.1) is 11.1 Å². The second kappa shape index (κ2) is 8.22. The monoisotopic (exact) mass is 443 g/mol. The zero-order valence-electron chi connectivity index (χ0n) is 15.1. The highest BCUT2D eigenvalue weighted by Crippen LogP contribution is 2.25. The van der Waals surface area contributed by atoms with E-state index in [0.717, 1.165) is 23.9 Å². The molecular formula is C21H19BrFN3O2. The Bertz CT molecular complexity index is 991. The summed E-state index contributed by atoms with van der Waals surface area (Å²) in [5, 5.41) is 3.91. The zero-order chi connectivity index (χ0) is 19.5. The van der Waals surface area contributed by atoms with Gasteiger partial charge in [-0.15, -0.1) is 0 Å². The number of piperidine rings is 1. The molecular weight excluding hydrogens is 425 g/mol. The highest BCUT2D eigenvalue weighted by atomic mass is 79.9. The molecule has 1 amide bonds. The van der Waals surface area contributed by atoms with E-state index in [1.54, 1.807) is 18.2 Å². The summed E-state index contributed by atoms with van der Waals surface area (Å²) in [6, 6.07) is 13.8. The van der Waals surface area contributed by atoms with Crippen molar-refractivity contribution in [1.82, 2.24) is 15.0 Å². The van der Waals surface area contributed by atoms with Crippen molar-refractivity contribution in [2.45, 2.75) is 19.3 Å². The van der Waals surface area contributed by atoms with Crippen molar-refractivity contribution in [2.75, 3.05) is 13.1 Å². The van der Waals surface area contributed by atoms with Crippen LogP contribution < -0.4 is 0 Å². The summed E-state index contributed by atoms with van der Waals surface area (Å²) in [7, 11) is 0. The van der Waals surface area contributed by atoms with Gasteiger partial charge >= 0.3 is 0 Å². The van der Waals surface area contributed by atoms with E-state index in [-0.39, 0.29) is 23.5 Å². The first-order valence-electron chi connectivity index (χ1n) is 9.23. The number of aromatic nitrogens is 2. The third kappa shape index (κ3) is 3.99. The molecule has 0 saturated carbocycles. The van der Waals surface area contributed by atoms with Crippen molar-refractivity contribution in [3.63, 3.8) is 0 Å². The molecule has 28 heavy (non-hydrogen) atoms. The van der Waals surface area contributed by atoms with Crippen molar-refractivity contribution in [2.24, 2.45) is 5.92 Å². The van der Waals surface area contributed by atoms with Crippen molar-refractivity contribution < 1.29 is 13.7 Å². The number of hydrogen-bond donors (Lipinski definition) is 0.